The van der Waals surface area contributed by atoms with Crippen LogP contribution in [-0.2, 0) is 28.6 Å². The Bertz CT molecular complexity index is 1150. The number of ether oxygens (including phenoxy) is 3. The maximum Gasteiger partial charge on any atom is 0.340 e. The van der Waals surface area contributed by atoms with E-state index in [0.29, 0.717) is 24.0 Å². The van der Waals surface area contributed by atoms with Crippen molar-refractivity contribution in [2.45, 2.75) is 90.1 Å². The van der Waals surface area contributed by atoms with Gasteiger partial charge >= 0.3 is 11.9 Å². The zero-order valence-corrected chi connectivity index (χ0v) is 23.6. The molecule has 0 amide bonds. The van der Waals surface area contributed by atoms with Crippen LogP contribution in [0.15, 0.2) is 34.3 Å². The summed E-state index contributed by atoms with van der Waals surface area (Å²) in [4.78, 5) is 41.8. The van der Waals surface area contributed by atoms with E-state index in [0.717, 1.165) is 25.7 Å². The number of cyclic esters (lactones) is 1. The number of Topliss-reactive ketones (excluding diaryl/α,β-unsaturated/α-hetero) is 1. The van der Waals surface area contributed by atoms with Crippen LogP contribution in [0.2, 0.25) is 0 Å². The van der Waals surface area contributed by atoms with Gasteiger partial charge < -0.3 is 29.3 Å². The Morgan fingerprint density at radius 1 is 1.21 bits per heavy atom. The lowest BCUT2D eigenvalue weighted by Gasteiger charge is -2.52. The van der Waals surface area contributed by atoms with Crippen LogP contribution in [-0.4, -0.2) is 78.0 Å². The van der Waals surface area contributed by atoms with Crippen molar-refractivity contribution >= 4 is 17.7 Å². The number of aliphatic hydroxyl groups is 2. The van der Waals surface area contributed by atoms with Gasteiger partial charge in [0.25, 0.3) is 0 Å². The Morgan fingerprint density at radius 3 is 2.54 bits per heavy atom. The first kappa shape index (κ1) is 27.9. The number of fused-ring (bicyclic) bond motifs is 4. The van der Waals surface area contributed by atoms with Crippen LogP contribution in [0, 0.1) is 23.2 Å². The van der Waals surface area contributed by atoms with E-state index in [1.165, 1.54) is 20.5 Å². The van der Waals surface area contributed by atoms with E-state index in [-0.39, 0.29) is 41.5 Å². The highest BCUT2D eigenvalue weighted by atomic mass is 16.6. The molecule has 1 aliphatic heterocycles. The van der Waals surface area contributed by atoms with Gasteiger partial charge in [-0.3, -0.25) is 9.59 Å². The Kier molecular flexibility index (Phi) is 7.44. The van der Waals surface area contributed by atoms with Crippen molar-refractivity contribution in [2.75, 3.05) is 20.8 Å². The summed E-state index contributed by atoms with van der Waals surface area (Å²) in [7, 11) is 3.41. The second-order valence-electron chi connectivity index (χ2n) is 12.2. The number of allylic oxidation sites excluding steroid dienone is 1. The highest BCUT2D eigenvalue weighted by Gasteiger charge is 2.62. The Hall–Kier alpha value is -2.65. The quantitative estimate of drug-likeness (QED) is 0.397. The van der Waals surface area contributed by atoms with E-state index in [4.69, 9.17) is 14.2 Å². The van der Waals surface area contributed by atoms with E-state index in [1.54, 1.807) is 6.20 Å². The predicted molar refractivity (Wildman–Crippen MR) is 141 cm³/mol. The number of rotatable bonds is 5. The number of hydrogen-bond acceptors (Lipinski definition) is 9. The van der Waals surface area contributed by atoms with Crippen molar-refractivity contribution in [1.29, 1.82) is 0 Å². The average Bonchev–Trinajstić information content (AvgIpc) is 3.18. The van der Waals surface area contributed by atoms with Crippen LogP contribution in [0.1, 0.15) is 65.7 Å². The second kappa shape index (κ2) is 10.4. The normalized spacial score (nSPS) is 37.8. The summed E-state index contributed by atoms with van der Waals surface area (Å²) < 4.78 is 17.3. The van der Waals surface area contributed by atoms with Crippen LogP contribution in [0.5, 0.6) is 0 Å². The number of nitrogens with zero attached hydrogens (tertiary/aromatic N) is 1. The summed E-state index contributed by atoms with van der Waals surface area (Å²) in [6, 6.07) is 0.240. The van der Waals surface area contributed by atoms with E-state index < -0.39 is 47.2 Å². The minimum Gasteiger partial charge on any atom is -0.504 e. The van der Waals surface area contributed by atoms with Gasteiger partial charge in [-0.1, -0.05) is 26.2 Å². The Morgan fingerprint density at radius 2 is 1.90 bits per heavy atom. The molecule has 0 aromatic rings. The third-order valence-corrected chi connectivity index (χ3v) is 9.90. The van der Waals surface area contributed by atoms with Gasteiger partial charge in [-0.25, -0.2) is 4.79 Å². The predicted octanol–water partition coefficient (Wildman–Crippen LogP) is 3.37. The third-order valence-electron chi connectivity index (χ3n) is 9.90. The number of hydrogen-bond donors (Lipinski definition) is 2. The molecule has 0 radical (unpaired) electrons. The van der Waals surface area contributed by atoms with Crippen molar-refractivity contribution in [3.8, 4) is 0 Å². The highest BCUT2D eigenvalue weighted by Crippen LogP contribution is 2.60. The van der Waals surface area contributed by atoms with E-state index in [9.17, 15) is 24.6 Å². The molecular formula is C30H41NO8. The molecule has 9 nitrogen and oxygen atoms in total. The molecule has 1 saturated heterocycles. The molecule has 7 atom stereocenters. The summed E-state index contributed by atoms with van der Waals surface area (Å²) in [6.07, 6.45) is 5.68. The fourth-order valence-electron chi connectivity index (χ4n) is 8.00. The van der Waals surface area contributed by atoms with Gasteiger partial charge in [0.2, 0.25) is 5.78 Å². The zero-order valence-electron chi connectivity index (χ0n) is 23.6. The lowest BCUT2D eigenvalue weighted by Crippen LogP contribution is -2.56. The van der Waals surface area contributed by atoms with Crippen LogP contribution in [0.3, 0.4) is 0 Å². The fraction of sp³-hybridized carbons (Fsp3) is 0.700. The number of ketones is 1. The fourth-order valence-corrected chi connectivity index (χ4v) is 8.00. The molecule has 2 unspecified atom stereocenters. The highest BCUT2D eigenvalue weighted by molar-refractivity contribution is 6.13. The molecule has 214 valence electrons. The second-order valence-corrected chi connectivity index (χ2v) is 12.2. The number of carbonyl (C=O) groups is 3. The monoisotopic (exact) mass is 543 g/mol. The molecule has 2 saturated carbocycles. The summed E-state index contributed by atoms with van der Waals surface area (Å²) >= 11 is 0. The molecule has 3 fully saturated rings. The SMILES string of the molecule is COC[C@H]1OC(=O)/C(=C/N(C)C2CCCCC2)C2=C(O)C(=O)C3=C([C@H](OC(C)=O)C[C@H]4C3CC(C)[C@@H]4O)[C@]21C. The smallest absolute Gasteiger partial charge is 0.340 e. The molecule has 2 N–H and O–H groups in total. The average molecular weight is 544 g/mol. The molecule has 39 heavy (non-hydrogen) atoms. The number of aliphatic hydroxyl groups excluding tert-OH is 2. The molecule has 0 aromatic heterocycles. The van der Waals surface area contributed by atoms with Gasteiger partial charge in [-0.2, -0.15) is 0 Å². The maximum absolute atomic E-state index is 14.0. The molecular weight excluding hydrogens is 502 g/mol. The number of carbonyl (C=O) groups excluding carboxylic acids is 3. The molecule has 0 spiro atoms. The molecule has 5 aliphatic rings. The standard InChI is InChI=1S/C30H41NO8/c1-15-11-18-19(26(15)33)12-21(38-16(2)32)25-23(18)27(34)28(35)24-20(13-31(4)17-9-7-6-8-10-17)29(36)39-22(14-37-5)30(24,25)3/h13,15,17-19,21-22,26,33,35H,6-12,14H2,1-5H3/b20-13+/t15?,18?,19-,21+,22+,26-,30-/m0/s1. The van der Waals surface area contributed by atoms with Crippen molar-refractivity contribution in [1.82, 2.24) is 4.90 Å². The lowest BCUT2D eigenvalue weighted by atomic mass is 9.56. The molecule has 0 aromatic carbocycles. The summed E-state index contributed by atoms with van der Waals surface area (Å²) in [5.74, 6) is -2.83. The van der Waals surface area contributed by atoms with Gasteiger partial charge in [0.1, 0.15) is 12.2 Å². The van der Waals surface area contributed by atoms with Gasteiger partial charge in [0.05, 0.1) is 23.7 Å². The first-order valence-electron chi connectivity index (χ1n) is 14.2. The van der Waals surface area contributed by atoms with Gasteiger partial charge in [-0.15, -0.1) is 0 Å². The summed E-state index contributed by atoms with van der Waals surface area (Å²) in [5.41, 5.74) is 0.0917. The molecule has 0 bridgehead atoms. The van der Waals surface area contributed by atoms with E-state index >= 15 is 0 Å². The summed E-state index contributed by atoms with van der Waals surface area (Å²) in [6.45, 7) is 5.13. The van der Waals surface area contributed by atoms with Gasteiger partial charge in [-0.05, 0) is 55.9 Å². The minimum absolute atomic E-state index is 0.0235. The first-order valence-corrected chi connectivity index (χ1v) is 14.2. The molecule has 5 rings (SSSR count). The number of methoxy groups -OCH3 is 1. The van der Waals surface area contributed by atoms with Crippen molar-refractivity contribution in [3.05, 3.63) is 34.3 Å². The molecule has 1 heterocycles. The molecule has 4 aliphatic carbocycles. The summed E-state index contributed by atoms with van der Waals surface area (Å²) in [5, 5.41) is 22.6. The van der Waals surface area contributed by atoms with Crippen molar-refractivity contribution < 1.29 is 38.8 Å². The van der Waals surface area contributed by atoms with Gasteiger partial charge in [0.15, 0.2) is 5.76 Å². The van der Waals surface area contributed by atoms with Crippen LogP contribution >= 0.6 is 0 Å². The van der Waals surface area contributed by atoms with Crippen molar-refractivity contribution in [2.24, 2.45) is 23.2 Å². The van der Waals surface area contributed by atoms with Crippen LogP contribution in [0.4, 0.5) is 0 Å². The maximum atomic E-state index is 14.0. The lowest BCUT2D eigenvalue weighted by molar-refractivity contribution is -0.160. The zero-order chi connectivity index (χ0) is 28.2. The van der Waals surface area contributed by atoms with Gasteiger partial charge in [0, 0.05) is 44.5 Å². The third kappa shape index (κ3) is 4.42. The Balaban J connectivity index is 1.70. The van der Waals surface area contributed by atoms with E-state index in [2.05, 4.69) is 0 Å². The van der Waals surface area contributed by atoms with E-state index in [1.807, 2.05) is 25.8 Å². The minimum atomic E-state index is -1.18. The van der Waals surface area contributed by atoms with Crippen LogP contribution in [0.25, 0.3) is 0 Å². The topological polar surface area (TPSA) is 123 Å². The first-order chi connectivity index (χ1) is 18.5. The Labute approximate surface area is 229 Å². The van der Waals surface area contributed by atoms with Crippen molar-refractivity contribution in [3.63, 3.8) is 0 Å². The molecule has 9 heteroatoms. The number of esters is 2. The largest absolute Gasteiger partial charge is 0.504 e. The van der Waals surface area contributed by atoms with Crippen LogP contribution < -0.4 is 0 Å².